The van der Waals surface area contributed by atoms with Crippen LogP contribution in [0.4, 0.5) is 26.3 Å². The molecule has 0 bridgehead atoms. The minimum Gasteiger partial charge on any atom is -0.440 e. The van der Waals surface area contributed by atoms with Gasteiger partial charge in [0.1, 0.15) is 11.5 Å². The van der Waals surface area contributed by atoms with E-state index in [-0.39, 0.29) is 45.7 Å². The Morgan fingerprint density at radius 2 is 1.62 bits per heavy atom. The molecular formula is C29H19F6N3O6S. The fraction of sp³-hybridized carbons (Fsp3) is 0.172. The molecule has 45 heavy (non-hydrogen) atoms. The average molecular weight is 652 g/mol. The number of oxazole rings is 1. The van der Waals surface area contributed by atoms with Crippen molar-refractivity contribution >= 4 is 11.6 Å². The molecule has 234 valence electrons. The zero-order valence-electron chi connectivity index (χ0n) is 23.0. The molecule has 0 atom stereocenters. The Hall–Kier alpha value is -4.96. The summed E-state index contributed by atoms with van der Waals surface area (Å²) < 4.78 is 115. The van der Waals surface area contributed by atoms with E-state index in [1.807, 2.05) is 0 Å². The van der Waals surface area contributed by atoms with Gasteiger partial charge in [-0.1, -0.05) is 12.1 Å². The zero-order chi connectivity index (χ0) is 32.7. The third kappa shape index (κ3) is 6.32. The molecule has 0 radical (unpaired) electrons. The lowest BCUT2D eigenvalue weighted by Crippen LogP contribution is -2.25. The highest BCUT2D eigenvalue weighted by atomic mass is 32.1. The van der Waals surface area contributed by atoms with E-state index in [2.05, 4.69) is 19.6 Å². The van der Waals surface area contributed by atoms with E-state index >= 15 is 0 Å². The van der Waals surface area contributed by atoms with Gasteiger partial charge >= 0.3 is 24.0 Å². The van der Waals surface area contributed by atoms with Crippen molar-refractivity contribution in [3.8, 4) is 50.9 Å². The first-order valence-electron chi connectivity index (χ1n) is 12.7. The van der Waals surface area contributed by atoms with Gasteiger partial charge in [-0.05, 0) is 66.1 Å². The Kier molecular flexibility index (Phi) is 8.29. The van der Waals surface area contributed by atoms with Crippen molar-refractivity contribution in [3.05, 3.63) is 89.3 Å². The number of aryl methyl sites for hydroxylation is 2. The lowest BCUT2D eigenvalue weighted by atomic mass is 9.96. The van der Waals surface area contributed by atoms with E-state index in [4.69, 9.17) is 12.8 Å². The van der Waals surface area contributed by atoms with Crippen LogP contribution in [0.2, 0.25) is 0 Å². The molecule has 0 spiro atoms. The maximum atomic E-state index is 14.7. The predicted molar refractivity (Wildman–Crippen MR) is 145 cm³/mol. The number of benzene rings is 3. The smallest absolute Gasteiger partial charge is 0.440 e. The lowest BCUT2D eigenvalue weighted by molar-refractivity contribution is -0.286. The van der Waals surface area contributed by atoms with E-state index in [1.54, 1.807) is 32.0 Å². The molecule has 2 aromatic heterocycles. The molecule has 0 saturated carbocycles. The molecule has 3 aromatic carbocycles. The largest absolute Gasteiger partial charge is 0.586 e. The van der Waals surface area contributed by atoms with Crippen LogP contribution in [0.25, 0.3) is 39.4 Å². The van der Waals surface area contributed by atoms with E-state index in [0.717, 1.165) is 16.9 Å². The molecule has 1 N–H and O–H groups in total. The van der Waals surface area contributed by atoms with Gasteiger partial charge < -0.3 is 19.0 Å². The molecule has 3 heterocycles. The third-order valence-electron chi connectivity index (χ3n) is 6.69. The van der Waals surface area contributed by atoms with Crippen LogP contribution in [0.3, 0.4) is 0 Å². The lowest BCUT2D eigenvalue weighted by Gasteiger charge is -2.14. The van der Waals surface area contributed by atoms with Crippen molar-refractivity contribution in [2.75, 3.05) is 0 Å². The molecule has 16 heteroatoms. The number of nitrogens with zero attached hydrogens (tertiary/aromatic N) is 3. The van der Waals surface area contributed by atoms with E-state index in [1.165, 1.54) is 30.3 Å². The van der Waals surface area contributed by atoms with Gasteiger partial charge in [0.15, 0.2) is 28.8 Å². The minimum atomic E-state index is -4.70. The van der Waals surface area contributed by atoms with Gasteiger partial charge in [0, 0.05) is 29.8 Å². The fourth-order valence-corrected chi connectivity index (χ4v) is 4.75. The molecule has 0 unspecified atom stereocenters. The summed E-state index contributed by atoms with van der Waals surface area (Å²) in [5.74, 6) is -0.801. The van der Waals surface area contributed by atoms with Crippen molar-refractivity contribution in [2.24, 2.45) is 0 Å². The standard InChI is InChI=1S/C29H19F6N3O4.O2S/c1-14-9-18(11-21(30)20(14)13-39)16-3-5-22(38-8-7-25(37-38)28(31,32)33)19(10-16)27-26(36-15(2)40-27)17-4-6-23-24(12-17)42-29(34,35)41-23;1-3-2/h3-12,39H,13H2,1-2H3;. The molecule has 5 aromatic rings. The highest BCUT2D eigenvalue weighted by Gasteiger charge is 2.43. The number of rotatable bonds is 5. The second kappa shape index (κ2) is 11.9. The van der Waals surface area contributed by atoms with Crippen molar-refractivity contribution in [2.45, 2.75) is 32.9 Å². The predicted octanol–water partition coefficient (Wildman–Crippen LogP) is 6.78. The van der Waals surface area contributed by atoms with Gasteiger partial charge in [-0.15, -0.1) is 8.78 Å². The number of fused-ring (bicyclic) bond motifs is 1. The second-order valence-corrected chi connectivity index (χ2v) is 9.73. The third-order valence-corrected chi connectivity index (χ3v) is 6.69. The van der Waals surface area contributed by atoms with Gasteiger partial charge in [0.05, 0.1) is 12.3 Å². The van der Waals surface area contributed by atoms with Gasteiger partial charge in [0.2, 0.25) is 0 Å². The highest BCUT2D eigenvalue weighted by Crippen LogP contribution is 2.45. The minimum absolute atomic E-state index is 0.0863. The van der Waals surface area contributed by atoms with E-state index < -0.39 is 42.2 Å². The van der Waals surface area contributed by atoms with Crippen LogP contribution in [0, 0.1) is 19.7 Å². The van der Waals surface area contributed by atoms with E-state index in [0.29, 0.717) is 22.3 Å². The number of hydrogen-bond acceptors (Lipinski definition) is 8. The zero-order valence-corrected chi connectivity index (χ0v) is 23.8. The molecule has 9 nitrogen and oxygen atoms in total. The summed E-state index contributed by atoms with van der Waals surface area (Å²) in [6.45, 7) is 2.68. The summed E-state index contributed by atoms with van der Waals surface area (Å²) in [4.78, 5) is 4.40. The number of alkyl halides is 5. The number of aliphatic hydroxyl groups excluding tert-OH is 1. The van der Waals surface area contributed by atoms with Crippen LogP contribution in [0.5, 0.6) is 11.5 Å². The molecular weight excluding hydrogens is 632 g/mol. The Labute approximate surface area is 253 Å². The Bertz CT molecular complexity index is 1930. The summed E-state index contributed by atoms with van der Waals surface area (Å²) in [5.41, 5.74) is 1.26. The maximum absolute atomic E-state index is 14.7. The summed E-state index contributed by atoms with van der Waals surface area (Å²) in [6.07, 6.45) is -7.41. The van der Waals surface area contributed by atoms with Gasteiger partial charge in [-0.3, -0.25) is 0 Å². The second-order valence-electron chi connectivity index (χ2n) is 9.59. The van der Waals surface area contributed by atoms with Gasteiger partial charge in [-0.2, -0.15) is 26.7 Å². The Morgan fingerprint density at radius 3 is 2.27 bits per heavy atom. The molecule has 0 aliphatic carbocycles. The number of hydrogen-bond donors (Lipinski definition) is 1. The SMILES string of the molecule is Cc1nc(-c2ccc3c(c2)OC(F)(F)O3)c(-c2cc(-c3cc(C)c(CO)c(F)c3)ccc2-n2ccc(C(F)(F)F)n2)o1.O=S=O. The van der Waals surface area contributed by atoms with E-state index in [9.17, 15) is 31.4 Å². The van der Waals surface area contributed by atoms with Crippen LogP contribution in [-0.2, 0) is 24.4 Å². The first-order valence-corrected chi connectivity index (χ1v) is 13.4. The fourth-order valence-electron chi connectivity index (χ4n) is 4.75. The van der Waals surface area contributed by atoms with Crippen LogP contribution in [0.15, 0.2) is 65.2 Å². The molecule has 1 aliphatic heterocycles. The first-order chi connectivity index (χ1) is 21.2. The number of aromatic nitrogens is 3. The van der Waals surface area contributed by atoms with Gasteiger partial charge in [0.25, 0.3) is 0 Å². The van der Waals surface area contributed by atoms with Crippen molar-refractivity contribution < 1.29 is 53.8 Å². The quantitative estimate of drug-likeness (QED) is 0.207. The summed E-state index contributed by atoms with van der Waals surface area (Å²) in [7, 11) is 0. The maximum Gasteiger partial charge on any atom is 0.586 e. The topological polar surface area (TPSA) is 117 Å². The first kappa shape index (κ1) is 31.5. The van der Waals surface area contributed by atoms with Crippen molar-refractivity contribution in [1.82, 2.24) is 14.8 Å². The molecule has 0 saturated heterocycles. The van der Waals surface area contributed by atoms with Crippen LogP contribution >= 0.6 is 0 Å². The monoisotopic (exact) mass is 651 g/mol. The number of ether oxygens (including phenoxy) is 2. The van der Waals surface area contributed by atoms with Crippen molar-refractivity contribution in [3.63, 3.8) is 0 Å². The summed E-state index contributed by atoms with van der Waals surface area (Å²) in [6, 6.07) is 12.4. The number of aliphatic hydroxyl groups is 1. The highest BCUT2D eigenvalue weighted by molar-refractivity contribution is 7.51. The number of halogens is 6. The normalized spacial score (nSPS) is 13.4. The molecule has 0 fully saturated rings. The van der Waals surface area contributed by atoms with Crippen LogP contribution in [-0.4, -0.2) is 34.6 Å². The molecule has 0 amide bonds. The van der Waals surface area contributed by atoms with Crippen LogP contribution in [0.1, 0.15) is 22.7 Å². The van der Waals surface area contributed by atoms with Gasteiger partial charge in [-0.25, -0.2) is 14.1 Å². The average Bonchev–Trinajstić information content (AvgIpc) is 3.68. The van der Waals surface area contributed by atoms with Crippen molar-refractivity contribution in [1.29, 1.82) is 0 Å². The Morgan fingerprint density at radius 1 is 0.933 bits per heavy atom. The van der Waals surface area contributed by atoms with Crippen LogP contribution < -0.4 is 9.47 Å². The summed E-state index contributed by atoms with van der Waals surface area (Å²) in [5, 5.41) is 13.2. The Balaban J connectivity index is 0.00000128. The molecule has 1 aliphatic rings. The summed E-state index contributed by atoms with van der Waals surface area (Å²) >= 11 is -0.750. The molecule has 6 rings (SSSR count).